The number of benzene rings is 2. The average Bonchev–Trinajstić information content (AvgIpc) is 2.94. The zero-order valence-electron chi connectivity index (χ0n) is 25.4. The lowest BCUT2D eigenvalue weighted by molar-refractivity contribution is -0.105. The summed E-state index contributed by atoms with van der Waals surface area (Å²) in [7, 11) is 0. The largest absolute Gasteiger partial charge is 0.354 e. The summed E-state index contributed by atoms with van der Waals surface area (Å²) in [6, 6.07) is 6.12. The third-order valence-corrected chi connectivity index (χ3v) is 6.74. The van der Waals surface area contributed by atoms with E-state index in [0.29, 0.717) is 13.0 Å². The standard InChI is InChI=1S/C32H39F3N6O2/c1-7-41(8-2)16-10-15-36-31-38-28(24-17-21(18-27(35)20(24)3)30(43)40-32(4,5)6)23(29(39-31)37-19-42)14-13-22-25(33)11-9-12-26(22)34/h9,11-14,17-19H,7-8,10,15-16H2,1-6H3,(H,40,43)(H2,36,37,38,39,42)/b14-13-. The van der Waals surface area contributed by atoms with Crippen LogP contribution >= 0.6 is 0 Å². The van der Waals surface area contributed by atoms with Gasteiger partial charge in [0.05, 0.1) is 5.69 Å². The molecule has 0 aliphatic heterocycles. The van der Waals surface area contributed by atoms with Crippen LogP contribution in [0.4, 0.5) is 24.9 Å². The van der Waals surface area contributed by atoms with Crippen molar-refractivity contribution in [1.82, 2.24) is 20.2 Å². The Hall–Kier alpha value is -4.25. The van der Waals surface area contributed by atoms with Gasteiger partial charge in [-0.1, -0.05) is 19.9 Å². The maximum absolute atomic E-state index is 15.3. The summed E-state index contributed by atoms with van der Waals surface area (Å²) in [5, 5.41) is 8.51. The molecule has 1 aromatic heterocycles. The normalized spacial score (nSPS) is 11.7. The van der Waals surface area contributed by atoms with Crippen molar-refractivity contribution >= 4 is 36.2 Å². The van der Waals surface area contributed by atoms with Gasteiger partial charge in [-0.2, -0.15) is 4.98 Å². The van der Waals surface area contributed by atoms with Gasteiger partial charge in [0.1, 0.15) is 23.3 Å². The van der Waals surface area contributed by atoms with Crippen LogP contribution in [0, 0.1) is 24.4 Å². The summed E-state index contributed by atoms with van der Waals surface area (Å²) < 4.78 is 44.2. The number of nitrogens with zero attached hydrogens (tertiary/aromatic N) is 3. The SMILES string of the molecule is CCN(CC)CCCNc1nc(NC=O)c(/C=C\c2c(F)cccc2F)c(-c2cc(C(=O)NC(C)(C)C)cc(F)c2C)n1. The van der Waals surface area contributed by atoms with Gasteiger partial charge in [0.15, 0.2) is 0 Å². The Morgan fingerprint density at radius 1 is 0.977 bits per heavy atom. The van der Waals surface area contributed by atoms with E-state index < -0.39 is 28.9 Å². The van der Waals surface area contributed by atoms with Crippen LogP contribution in [-0.2, 0) is 4.79 Å². The van der Waals surface area contributed by atoms with Crippen LogP contribution in [0.15, 0.2) is 30.3 Å². The number of rotatable bonds is 13. The monoisotopic (exact) mass is 596 g/mol. The fourth-order valence-corrected chi connectivity index (χ4v) is 4.43. The Balaban J connectivity index is 2.20. The molecule has 2 aromatic carbocycles. The quantitative estimate of drug-likeness (QED) is 0.159. The predicted molar refractivity (Wildman–Crippen MR) is 165 cm³/mol. The molecule has 0 saturated heterocycles. The topological polar surface area (TPSA) is 99.2 Å². The molecule has 3 rings (SSSR count). The van der Waals surface area contributed by atoms with Gasteiger partial charge >= 0.3 is 0 Å². The van der Waals surface area contributed by atoms with E-state index in [-0.39, 0.29) is 45.3 Å². The Labute approximate surface area is 250 Å². The highest BCUT2D eigenvalue weighted by Gasteiger charge is 2.22. The van der Waals surface area contributed by atoms with Crippen molar-refractivity contribution in [2.75, 3.05) is 36.8 Å². The fourth-order valence-electron chi connectivity index (χ4n) is 4.43. The molecular weight excluding hydrogens is 557 g/mol. The van der Waals surface area contributed by atoms with Crippen LogP contribution in [0.3, 0.4) is 0 Å². The van der Waals surface area contributed by atoms with Gasteiger partial charge < -0.3 is 20.9 Å². The van der Waals surface area contributed by atoms with Crippen molar-refractivity contribution in [3.05, 3.63) is 70.0 Å². The second kappa shape index (κ2) is 14.8. The minimum atomic E-state index is -0.793. The molecule has 3 aromatic rings. The zero-order valence-corrected chi connectivity index (χ0v) is 25.4. The smallest absolute Gasteiger partial charge is 0.251 e. The first-order valence-corrected chi connectivity index (χ1v) is 14.2. The minimum Gasteiger partial charge on any atom is -0.354 e. The number of carbonyl (C=O) groups excluding carboxylic acids is 2. The van der Waals surface area contributed by atoms with Gasteiger partial charge in [0, 0.05) is 34.3 Å². The third-order valence-electron chi connectivity index (χ3n) is 6.74. The van der Waals surface area contributed by atoms with Gasteiger partial charge in [-0.3, -0.25) is 9.59 Å². The first kappa shape index (κ1) is 33.3. The van der Waals surface area contributed by atoms with Gasteiger partial charge in [-0.05, 0) is 95.7 Å². The van der Waals surface area contributed by atoms with Crippen molar-refractivity contribution in [3.8, 4) is 11.3 Å². The van der Waals surface area contributed by atoms with Gasteiger partial charge in [0.2, 0.25) is 12.4 Å². The van der Waals surface area contributed by atoms with Crippen molar-refractivity contribution in [3.63, 3.8) is 0 Å². The van der Waals surface area contributed by atoms with Crippen LogP contribution in [0.2, 0.25) is 0 Å². The number of amides is 2. The van der Waals surface area contributed by atoms with Gasteiger partial charge in [0.25, 0.3) is 5.91 Å². The van der Waals surface area contributed by atoms with E-state index in [2.05, 4.69) is 44.7 Å². The summed E-state index contributed by atoms with van der Waals surface area (Å²) >= 11 is 0. The van der Waals surface area contributed by atoms with Crippen molar-refractivity contribution in [1.29, 1.82) is 0 Å². The molecule has 43 heavy (non-hydrogen) atoms. The molecule has 230 valence electrons. The molecular formula is C32H39F3N6O2. The Kier molecular flexibility index (Phi) is 11.4. The van der Waals surface area contributed by atoms with E-state index in [1.807, 2.05) is 0 Å². The molecule has 0 spiro atoms. The molecule has 0 saturated carbocycles. The third kappa shape index (κ3) is 8.87. The molecule has 0 aliphatic carbocycles. The summed E-state index contributed by atoms with van der Waals surface area (Å²) in [6.07, 6.45) is 3.74. The van der Waals surface area contributed by atoms with Crippen LogP contribution in [-0.4, -0.2) is 58.9 Å². The average molecular weight is 597 g/mol. The van der Waals surface area contributed by atoms with Crippen LogP contribution in [0.1, 0.15) is 68.1 Å². The Morgan fingerprint density at radius 3 is 2.23 bits per heavy atom. The number of hydrogen-bond donors (Lipinski definition) is 3. The highest BCUT2D eigenvalue weighted by Crippen LogP contribution is 2.34. The van der Waals surface area contributed by atoms with Gasteiger partial charge in [-0.25, -0.2) is 18.2 Å². The molecule has 0 bridgehead atoms. The molecule has 2 amide bonds. The lowest BCUT2D eigenvalue weighted by atomic mass is 9.96. The van der Waals surface area contributed by atoms with E-state index in [1.54, 1.807) is 20.8 Å². The van der Waals surface area contributed by atoms with E-state index in [9.17, 15) is 18.4 Å². The van der Waals surface area contributed by atoms with Gasteiger partial charge in [-0.15, -0.1) is 0 Å². The zero-order chi connectivity index (χ0) is 31.7. The number of halogens is 3. The summed E-state index contributed by atoms with van der Waals surface area (Å²) in [4.78, 5) is 36.0. The second-order valence-corrected chi connectivity index (χ2v) is 11.0. The second-order valence-electron chi connectivity index (χ2n) is 11.0. The van der Waals surface area contributed by atoms with E-state index >= 15 is 4.39 Å². The van der Waals surface area contributed by atoms with Crippen molar-refractivity contribution in [2.45, 2.75) is 53.5 Å². The minimum absolute atomic E-state index is 0.0311. The van der Waals surface area contributed by atoms with Crippen molar-refractivity contribution in [2.24, 2.45) is 0 Å². The van der Waals surface area contributed by atoms with Crippen molar-refractivity contribution < 1.29 is 22.8 Å². The van der Waals surface area contributed by atoms with Crippen LogP contribution in [0.5, 0.6) is 0 Å². The molecule has 11 heteroatoms. The van der Waals surface area contributed by atoms with E-state index in [0.717, 1.165) is 44.3 Å². The molecule has 0 aliphatic rings. The number of anilines is 2. The molecule has 1 heterocycles. The maximum atomic E-state index is 15.3. The molecule has 0 atom stereocenters. The summed E-state index contributed by atoms with van der Waals surface area (Å²) in [5.74, 6) is -2.55. The summed E-state index contributed by atoms with van der Waals surface area (Å²) in [6.45, 7) is 14.3. The van der Waals surface area contributed by atoms with Crippen LogP contribution < -0.4 is 16.0 Å². The van der Waals surface area contributed by atoms with Crippen LogP contribution in [0.25, 0.3) is 23.4 Å². The molecule has 0 fully saturated rings. The Morgan fingerprint density at radius 2 is 1.63 bits per heavy atom. The Bertz CT molecular complexity index is 1460. The number of nitrogens with one attached hydrogen (secondary N) is 3. The molecule has 0 unspecified atom stereocenters. The summed E-state index contributed by atoms with van der Waals surface area (Å²) in [5.41, 5.74) is -0.0861. The number of carbonyl (C=O) groups is 2. The predicted octanol–water partition coefficient (Wildman–Crippen LogP) is 6.28. The fraction of sp³-hybridized carbons (Fsp3) is 0.375. The molecule has 0 radical (unpaired) electrons. The lowest BCUT2D eigenvalue weighted by Crippen LogP contribution is -2.40. The number of aromatic nitrogens is 2. The maximum Gasteiger partial charge on any atom is 0.251 e. The first-order chi connectivity index (χ1) is 20.4. The van der Waals surface area contributed by atoms with E-state index in [4.69, 9.17) is 0 Å². The molecule has 3 N–H and O–H groups in total. The lowest BCUT2D eigenvalue weighted by Gasteiger charge is -2.21. The highest BCUT2D eigenvalue weighted by molar-refractivity contribution is 5.97. The van der Waals surface area contributed by atoms with E-state index in [1.165, 1.54) is 31.2 Å². The molecule has 8 nitrogen and oxygen atoms in total. The number of hydrogen-bond acceptors (Lipinski definition) is 6. The highest BCUT2D eigenvalue weighted by atomic mass is 19.1. The first-order valence-electron chi connectivity index (χ1n) is 14.2.